The lowest BCUT2D eigenvalue weighted by Gasteiger charge is -2.33. The van der Waals surface area contributed by atoms with Crippen LogP contribution in [0.5, 0.6) is 0 Å². The molecule has 1 amide bonds. The van der Waals surface area contributed by atoms with Gasteiger partial charge in [0.2, 0.25) is 0 Å². The summed E-state index contributed by atoms with van der Waals surface area (Å²) in [6.45, 7) is 1.97. The van der Waals surface area contributed by atoms with Crippen LogP contribution in [0.2, 0.25) is 0 Å². The standard InChI is InChI=1S/C29H29F2N3O/c30-24-12-10-23(11-13-24)27-19-28(25-8-4-5-9-26(25)31)34(32-27)29(35)20-33-16-14-22(15-17-33)18-21-6-2-1-3-7-21/h1-13,22,28H,14-20H2/t28-/m1/s1. The summed E-state index contributed by atoms with van der Waals surface area (Å²) in [6, 6.07) is 22.6. The van der Waals surface area contributed by atoms with Gasteiger partial charge in [0.05, 0.1) is 18.3 Å². The van der Waals surface area contributed by atoms with Gasteiger partial charge in [0, 0.05) is 12.0 Å². The van der Waals surface area contributed by atoms with E-state index in [9.17, 15) is 13.6 Å². The van der Waals surface area contributed by atoms with Crippen molar-refractivity contribution in [2.24, 2.45) is 11.0 Å². The number of piperidine rings is 1. The zero-order chi connectivity index (χ0) is 24.2. The van der Waals surface area contributed by atoms with Crippen molar-refractivity contribution in [3.63, 3.8) is 0 Å². The van der Waals surface area contributed by atoms with E-state index in [0.29, 0.717) is 23.6 Å². The highest BCUT2D eigenvalue weighted by molar-refractivity contribution is 6.03. The number of hydrogen-bond donors (Lipinski definition) is 0. The number of likely N-dealkylation sites (tertiary alicyclic amines) is 1. The zero-order valence-corrected chi connectivity index (χ0v) is 19.6. The Labute approximate surface area is 204 Å². The Morgan fingerprint density at radius 3 is 2.29 bits per heavy atom. The lowest BCUT2D eigenvalue weighted by atomic mass is 9.90. The Morgan fingerprint density at radius 1 is 0.886 bits per heavy atom. The van der Waals surface area contributed by atoms with Crippen LogP contribution in [0.4, 0.5) is 8.78 Å². The average molecular weight is 474 g/mol. The molecule has 6 heteroatoms. The SMILES string of the molecule is O=C(CN1CCC(Cc2ccccc2)CC1)N1N=C(c2ccc(F)cc2)C[C@@H]1c1ccccc1F. The van der Waals surface area contributed by atoms with Crippen molar-refractivity contribution < 1.29 is 13.6 Å². The van der Waals surface area contributed by atoms with Crippen LogP contribution in [0.1, 0.15) is 42.0 Å². The molecule has 1 saturated heterocycles. The lowest BCUT2D eigenvalue weighted by Crippen LogP contribution is -2.42. The third kappa shape index (κ3) is 5.49. The fourth-order valence-corrected chi connectivity index (χ4v) is 5.10. The molecule has 2 aliphatic heterocycles. The van der Waals surface area contributed by atoms with Gasteiger partial charge in [0.15, 0.2) is 0 Å². The number of halogens is 2. The van der Waals surface area contributed by atoms with E-state index in [0.717, 1.165) is 37.9 Å². The molecule has 35 heavy (non-hydrogen) atoms. The van der Waals surface area contributed by atoms with Gasteiger partial charge in [0.25, 0.3) is 5.91 Å². The van der Waals surface area contributed by atoms with Gasteiger partial charge in [-0.25, -0.2) is 13.8 Å². The first-order chi connectivity index (χ1) is 17.1. The Hall–Kier alpha value is -3.38. The summed E-state index contributed by atoms with van der Waals surface area (Å²) < 4.78 is 28.1. The van der Waals surface area contributed by atoms with Gasteiger partial charge in [0.1, 0.15) is 11.6 Å². The number of benzene rings is 3. The minimum atomic E-state index is -0.514. The summed E-state index contributed by atoms with van der Waals surface area (Å²) in [4.78, 5) is 15.6. The number of hydrazone groups is 1. The monoisotopic (exact) mass is 473 g/mol. The van der Waals surface area contributed by atoms with Gasteiger partial charge in [-0.3, -0.25) is 9.69 Å². The highest BCUT2D eigenvalue weighted by atomic mass is 19.1. The molecule has 1 atom stereocenters. The molecule has 1 fully saturated rings. The first kappa shape index (κ1) is 23.4. The molecule has 2 heterocycles. The Kier molecular flexibility index (Phi) is 7.00. The summed E-state index contributed by atoms with van der Waals surface area (Å²) in [5, 5.41) is 6.05. The molecule has 0 aliphatic carbocycles. The molecule has 3 aromatic carbocycles. The predicted molar refractivity (Wildman–Crippen MR) is 133 cm³/mol. The average Bonchev–Trinajstić information content (AvgIpc) is 3.32. The quantitative estimate of drug-likeness (QED) is 0.467. The van der Waals surface area contributed by atoms with Crippen LogP contribution < -0.4 is 0 Å². The number of nitrogens with zero attached hydrogens (tertiary/aromatic N) is 3. The maximum atomic E-state index is 14.7. The highest BCUT2D eigenvalue weighted by Crippen LogP contribution is 2.34. The molecule has 0 saturated carbocycles. The summed E-state index contributed by atoms with van der Waals surface area (Å²) >= 11 is 0. The van der Waals surface area contributed by atoms with Crippen LogP contribution in [0.15, 0.2) is 84.0 Å². The molecule has 0 spiro atoms. The second-order valence-corrected chi connectivity index (χ2v) is 9.44. The van der Waals surface area contributed by atoms with Gasteiger partial charge < -0.3 is 0 Å². The van der Waals surface area contributed by atoms with Gasteiger partial charge >= 0.3 is 0 Å². The minimum absolute atomic E-state index is 0.142. The van der Waals surface area contributed by atoms with Gasteiger partial charge in [-0.05, 0) is 67.6 Å². The first-order valence-electron chi connectivity index (χ1n) is 12.2. The van der Waals surface area contributed by atoms with Crippen LogP contribution in [0.3, 0.4) is 0 Å². The van der Waals surface area contributed by atoms with E-state index < -0.39 is 6.04 Å². The first-order valence-corrected chi connectivity index (χ1v) is 12.2. The van der Waals surface area contributed by atoms with Crippen molar-refractivity contribution in [3.8, 4) is 0 Å². The van der Waals surface area contributed by atoms with Crippen molar-refractivity contribution in [3.05, 3.63) is 107 Å². The van der Waals surface area contributed by atoms with E-state index >= 15 is 0 Å². The van der Waals surface area contributed by atoms with E-state index in [2.05, 4.69) is 34.3 Å². The predicted octanol–water partition coefficient (Wildman–Crippen LogP) is 5.60. The molecule has 0 N–H and O–H groups in total. The summed E-state index contributed by atoms with van der Waals surface area (Å²) in [5.74, 6) is -0.212. The molecule has 0 radical (unpaired) electrons. The molecule has 0 unspecified atom stereocenters. The Morgan fingerprint density at radius 2 is 1.57 bits per heavy atom. The maximum absolute atomic E-state index is 14.7. The lowest BCUT2D eigenvalue weighted by molar-refractivity contribution is -0.134. The topological polar surface area (TPSA) is 35.9 Å². The van der Waals surface area contributed by atoms with Crippen molar-refractivity contribution in [2.45, 2.75) is 31.7 Å². The van der Waals surface area contributed by atoms with E-state index in [1.165, 1.54) is 28.8 Å². The zero-order valence-electron chi connectivity index (χ0n) is 19.6. The molecule has 3 aromatic rings. The van der Waals surface area contributed by atoms with Crippen molar-refractivity contribution in [2.75, 3.05) is 19.6 Å². The largest absolute Gasteiger partial charge is 0.294 e. The fourth-order valence-electron chi connectivity index (χ4n) is 5.10. The van der Waals surface area contributed by atoms with Crippen molar-refractivity contribution >= 4 is 11.6 Å². The second kappa shape index (κ2) is 10.5. The molecule has 180 valence electrons. The van der Waals surface area contributed by atoms with Crippen molar-refractivity contribution in [1.82, 2.24) is 9.91 Å². The molecule has 5 rings (SSSR count). The van der Waals surface area contributed by atoms with Crippen LogP contribution in [0.25, 0.3) is 0 Å². The summed E-state index contributed by atoms with van der Waals surface area (Å²) in [6.07, 6.45) is 3.54. The second-order valence-electron chi connectivity index (χ2n) is 9.44. The fraction of sp³-hybridized carbons (Fsp3) is 0.310. The molecular weight excluding hydrogens is 444 g/mol. The molecule has 2 aliphatic rings. The Balaban J connectivity index is 1.28. The smallest absolute Gasteiger partial charge is 0.257 e. The normalized spacial score (nSPS) is 19.1. The number of amides is 1. The van der Waals surface area contributed by atoms with Crippen LogP contribution >= 0.6 is 0 Å². The van der Waals surface area contributed by atoms with Gasteiger partial charge in [-0.15, -0.1) is 0 Å². The van der Waals surface area contributed by atoms with E-state index in [4.69, 9.17) is 0 Å². The number of rotatable bonds is 6. The molecule has 0 aromatic heterocycles. The van der Waals surface area contributed by atoms with Crippen LogP contribution in [-0.2, 0) is 11.2 Å². The van der Waals surface area contributed by atoms with Crippen LogP contribution in [0, 0.1) is 17.6 Å². The number of carbonyl (C=O) groups is 1. The summed E-state index contributed by atoms with van der Waals surface area (Å²) in [7, 11) is 0. The highest BCUT2D eigenvalue weighted by Gasteiger charge is 2.35. The van der Waals surface area contributed by atoms with Gasteiger partial charge in [-0.1, -0.05) is 60.7 Å². The maximum Gasteiger partial charge on any atom is 0.257 e. The van der Waals surface area contributed by atoms with E-state index in [1.807, 2.05) is 6.07 Å². The molecule has 4 nitrogen and oxygen atoms in total. The number of carbonyl (C=O) groups excluding carboxylic acids is 1. The molecular formula is C29H29F2N3O. The third-order valence-electron chi connectivity index (χ3n) is 7.04. The Bertz CT molecular complexity index is 1190. The number of hydrogen-bond acceptors (Lipinski definition) is 3. The molecule has 0 bridgehead atoms. The van der Waals surface area contributed by atoms with Crippen molar-refractivity contribution in [1.29, 1.82) is 0 Å². The minimum Gasteiger partial charge on any atom is -0.294 e. The summed E-state index contributed by atoms with van der Waals surface area (Å²) in [5.41, 5.74) is 3.20. The van der Waals surface area contributed by atoms with Gasteiger partial charge in [-0.2, -0.15) is 5.10 Å². The van der Waals surface area contributed by atoms with Crippen LogP contribution in [-0.4, -0.2) is 41.2 Å². The van der Waals surface area contributed by atoms with E-state index in [1.54, 1.807) is 30.3 Å². The van der Waals surface area contributed by atoms with E-state index in [-0.39, 0.29) is 24.1 Å². The third-order valence-corrected chi connectivity index (χ3v) is 7.04.